The zero-order valence-electron chi connectivity index (χ0n) is 10.2. The lowest BCUT2D eigenvalue weighted by molar-refractivity contribution is -0.240. The van der Waals surface area contributed by atoms with Gasteiger partial charge in [0.05, 0.1) is 20.8 Å². The van der Waals surface area contributed by atoms with Gasteiger partial charge in [-0.1, -0.05) is 13.0 Å². The van der Waals surface area contributed by atoms with Crippen LogP contribution in [0.3, 0.4) is 0 Å². The van der Waals surface area contributed by atoms with Gasteiger partial charge in [0, 0.05) is 0 Å². The number of methoxy groups -OCH3 is 2. The number of hydrogen-bond acceptors (Lipinski definition) is 5. The minimum Gasteiger partial charge on any atom is -0.496 e. The molecule has 0 unspecified atom stereocenters. The molecule has 0 bridgehead atoms. The average Bonchev–Trinajstić information content (AvgIpc) is 2.37. The highest BCUT2D eigenvalue weighted by molar-refractivity contribution is 5.95. The molecule has 0 aliphatic carbocycles. The van der Waals surface area contributed by atoms with Crippen molar-refractivity contribution in [3.63, 3.8) is 0 Å². The Morgan fingerprint density at radius 3 is 2.24 bits per heavy atom. The van der Waals surface area contributed by atoms with E-state index in [9.17, 15) is 4.79 Å². The molecule has 0 radical (unpaired) electrons. The van der Waals surface area contributed by atoms with E-state index in [1.54, 1.807) is 18.2 Å². The van der Waals surface area contributed by atoms with E-state index in [4.69, 9.17) is 14.4 Å². The Morgan fingerprint density at radius 1 is 1.18 bits per heavy atom. The fourth-order valence-electron chi connectivity index (χ4n) is 1.27. The molecule has 5 heteroatoms. The first-order chi connectivity index (χ1) is 8.24. The summed E-state index contributed by atoms with van der Waals surface area (Å²) in [5, 5.41) is 0. The molecule has 0 atom stereocenters. The van der Waals surface area contributed by atoms with Crippen LogP contribution in [0.1, 0.15) is 23.7 Å². The van der Waals surface area contributed by atoms with Crippen LogP contribution in [-0.2, 0) is 9.78 Å². The van der Waals surface area contributed by atoms with Crippen molar-refractivity contribution in [3.05, 3.63) is 23.8 Å². The lowest BCUT2D eigenvalue weighted by Gasteiger charge is -2.11. The van der Waals surface area contributed by atoms with Crippen molar-refractivity contribution in [3.8, 4) is 11.5 Å². The van der Waals surface area contributed by atoms with Crippen LogP contribution in [0.5, 0.6) is 11.5 Å². The van der Waals surface area contributed by atoms with Crippen LogP contribution in [0.25, 0.3) is 0 Å². The number of rotatable bonds is 6. The molecule has 1 aromatic carbocycles. The van der Waals surface area contributed by atoms with Crippen molar-refractivity contribution >= 4 is 5.97 Å². The average molecular weight is 240 g/mol. The molecular weight excluding hydrogens is 224 g/mol. The third-order valence-electron chi connectivity index (χ3n) is 2.05. The van der Waals surface area contributed by atoms with E-state index in [-0.39, 0.29) is 5.56 Å². The van der Waals surface area contributed by atoms with Gasteiger partial charge in [0.25, 0.3) is 0 Å². The molecule has 0 saturated carbocycles. The van der Waals surface area contributed by atoms with Crippen molar-refractivity contribution in [1.82, 2.24) is 0 Å². The molecule has 0 amide bonds. The first-order valence-corrected chi connectivity index (χ1v) is 5.29. The fourth-order valence-corrected chi connectivity index (χ4v) is 1.27. The number of ether oxygens (including phenoxy) is 2. The van der Waals surface area contributed by atoms with Gasteiger partial charge in [-0.25, -0.2) is 4.79 Å². The van der Waals surface area contributed by atoms with Crippen molar-refractivity contribution in [2.75, 3.05) is 20.8 Å². The predicted octanol–water partition coefficient (Wildman–Crippen LogP) is 2.20. The fraction of sp³-hybridized carbons (Fsp3) is 0.417. The van der Waals surface area contributed by atoms with Crippen molar-refractivity contribution < 1.29 is 24.0 Å². The summed E-state index contributed by atoms with van der Waals surface area (Å²) in [6, 6.07) is 5.03. The van der Waals surface area contributed by atoms with Crippen molar-refractivity contribution in [2.45, 2.75) is 13.3 Å². The summed E-state index contributed by atoms with van der Waals surface area (Å²) in [5.41, 5.74) is 0.216. The maximum Gasteiger partial charge on any atom is 0.380 e. The normalized spacial score (nSPS) is 9.82. The molecular formula is C12H16O5. The van der Waals surface area contributed by atoms with Gasteiger partial charge in [0.15, 0.2) is 0 Å². The molecule has 0 spiro atoms. The van der Waals surface area contributed by atoms with Gasteiger partial charge >= 0.3 is 5.97 Å². The van der Waals surface area contributed by atoms with E-state index >= 15 is 0 Å². The van der Waals surface area contributed by atoms with E-state index in [1.165, 1.54) is 14.2 Å². The van der Waals surface area contributed by atoms with E-state index < -0.39 is 5.97 Å². The minimum atomic E-state index is -0.632. The quantitative estimate of drug-likeness (QED) is 0.433. The highest BCUT2D eigenvalue weighted by Crippen LogP contribution is 2.28. The van der Waals surface area contributed by atoms with Gasteiger partial charge in [-0.15, -0.1) is 0 Å². The molecule has 0 aromatic heterocycles. The molecule has 0 saturated heterocycles. The summed E-state index contributed by atoms with van der Waals surface area (Å²) in [7, 11) is 2.94. The summed E-state index contributed by atoms with van der Waals surface area (Å²) in [4.78, 5) is 21.2. The molecule has 0 heterocycles. The lowest BCUT2D eigenvalue weighted by Crippen LogP contribution is -2.10. The molecule has 1 aromatic rings. The smallest absolute Gasteiger partial charge is 0.380 e. The van der Waals surface area contributed by atoms with E-state index in [1.807, 2.05) is 6.92 Å². The Hall–Kier alpha value is -1.75. The largest absolute Gasteiger partial charge is 0.496 e. The minimum absolute atomic E-state index is 0.216. The van der Waals surface area contributed by atoms with Crippen LogP contribution in [0, 0.1) is 0 Å². The molecule has 17 heavy (non-hydrogen) atoms. The Kier molecular flexibility index (Phi) is 5.29. The number of carbonyl (C=O) groups excluding carboxylic acids is 1. The summed E-state index contributed by atoms with van der Waals surface area (Å²) >= 11 is 0. The highest BCUT2D eigenvalue weighted by atomic mass is 17.2. The molecule has 0 fully saturated rings. The molecule has 94 valence electrons. The maximum atomic E-state index is 11.8. The Bertz CT molecular complexity index is 353. The maximum absolute atomic E-state index is 11.8. The van der Waals surface area contributed by atoms with Crippen molar-refractivity contribution in [1.29, 1.82) is 0 Å². The van der Waals surface area contributed by atoms with Gasteiger partial charge in [0.1, 0.15) is 17.1 Å². The van der Waals surface area contributed by atoms with Crippen LogP contribution < -0.4 is 9.47 Å². The van der Waals surface area contributed by atoms with Gasteiger partial charge in [-0.2, -0.15) is 4.89 Å². The molecule has 5 nitrogen and oxygen atoms in total. The molecule has 0 N–H and O–H groups in total. The Morgan fingerprint density at radius 2 is 1.76 bits per heavy atom. The third kappa shape index (κ3) is 3.35. The van der Waals surface area contributed by atoms with E-state index in [0.29, 0.717) is 18.1 Å². The number of benzene rings is 1. The second-order valence-corrected chi connectivity index (χ2v) is 3.23. The second kappa shape index (κ2) is 6.75. The first-order valence-electron chi connectivity index (χ1n) is 5.29. The van der Waals surface area contributed by atoms with Crippen LogP contribution in [0.2, 0.25) is 0 Å². The second-order valence-electron chi connectivity index (χ2n) is 3.23. The first kappa shape index (κ1) is 13.3. The topological polar surface area (TPSA) is 54.0 Å². The van der Waals surface area contributed by atoms with Crippen molar-refractivity contribution in [2.24, 2.45) is 0 Å². The molecule has 1 rings (SSSR count). The number of carbonyl (C=O) groups is 1. The SMILES string of the molecule is CCCOOC(=O)c1c(OC)cccc1OC. The highest BCUT2D eigenvalue weighted by Gasteiger charge is 2.20. The van der Waals surface area contributed by atoms with Gasteiger partial charge in [-0.3, -0.25) is 4.89 Å². The van der Waals surface area contributed by atoms with Gasteiger partial charge in [0.2, 0.25) is 0 Å². The standard InChI is InChI=1S/C12H16O5/c1-4-8-16-17-12(13)11-9(14-2)6-5-7-10(11)15-3/h5-7H,4,8H2,1-3H3. The molecule has 0 aliphatic rings. The van der Waals surface area contributed by atoms with Crippen LogP contribution in [0.15, 0.2) is 18.2 Å². The predicted molar refractivity (Wildman–Crippen MR) is 61.2 cm³/mol. The summed E-state index contributed by atoms with van der Waals surface area (Å²) in [6.07, 6.45) is 0.760. The van der Waals surface area contributed by atoms with Gasteiger partial charge in [-0.05, 0) is 18.6 Å². The zero-order chi connectivity index (χ0) is 12.7. The monoisotopic (exact) mass is 240 g/mol. The Balaban J connectivity index is 2.89. The van der Waals surface area contributed by atoms with Crippen LogP contribution in [0.4, 0.5) is 0 Å². The van der Waals surface area contributed by atoms with E-state index in [2.05, 4.69) is 4.89 Å². The molecule has 0 aliphatic heterocycles. The Labute approximate surface area is 100 Å². The van der Waals surface area contributed by atoms with Gasteiger partial charge < -0.3 is 9.47 Å². The van der Waals surface area contributed by atoms with Crippen LogP contribution >= 0.6 is 0 Å². The van der Waals surface area contributed by atoms with E-state index in [0.717, 1.165) is 6.42 Å². The third-order valence-corrected chi connectivity index (χ3v) is 2.05. The zero-order valence-corrected chi connectivity index (χ0v) is 10.2. The lowest BCUT2D eigenvalue weighted by atomic mass is 10.2. The summed E-state index contributed by atoms with van der Waals surface area (Å²) in [6.45, 7) is 2.26. The summed E-state index contributed by atoms with van der Waals surface area (Å²) in [5.74, 6) is 0.136. The number of hydrogen-bond donors (Lipinski definition) is 0. The summed E-state index contributed by atoms with van der Waals surface area (Å²) < 4.78 is 10.2. The van der Waals surface area contributed by atoms with Crippen LogP contribution in [-0.4, -0.2) is 26.8 Å².